The van der Waals surface area contributed by atoms with Gasteiger partial charge in [0, 0.05) is 23.2 Å². The molecule has 0 atom stereocenters. The van der Waals surface area contributed by atoms with E-state index in [1.54, 1.807) is 18.2 Å². The fourth-order valence-electron chi connectivity index (χ4n) is 2.23. The Morgan fingerprint density at radius 2 is 1.76 bits per heavy atom. The topological polar surface area (TPSA) is 12.0 Å². The first kappa shape index (κ1) is 14.4. The van der Waals surface area contributed by atoms with Gasteiger partial charge in [0.25, 0.3) is 0 Å². The van der Waals surface area contributed by atoms with Crippen LogP contribution in [0.5, 0.6) is 0 Å². The van der Waals surface area contributed by atoms with Crippen LogP contribution in [0.1, 0.15) is 18.4 Å². The van der Waals surface area contributed by atoms with Gasteiger partial charge in [-0.1, -0.05) is 17.7 Å². The molecule has 0 heterocycles. The Balaban J connectivity index is 2.03. The Morgan fingerprint density at radius 3 is 2.48 bits per heavy atom. The lowest BCUT2D eigenvalue weighted by atomic mass is 9.98. The molecule has 21 heavy (non-hydrogen) atoms. The highest BCUT2D eigenvalue weighted by atomic mass is 35.5. The molecule has 1 aliphatic carbocycles. The number of hydrogen-bond acceptors (Lipinski definition) is 1. The average Bonchev–Trinajstić information content (AvgIpc) is 3.28. The van der Waals surface area contributed by atoms with Gasteiger partial charge in [0.05, 0.1) is 0 Å². The summed E-state index contributed by atoms with van der Waals surface area (Å²) in [7, 11) is 0. The number of rotatable bonds is 4. The third kappa shape index (κ3) is 3.06. The third-order valence-corrected chi connectivity index (χ3v) is 3.79. The summed E-state index contributed by atoms with van der Waals surface area (Å²) in [4.78, 5) is 0. The van der Waals surface area contributed by atoms with E-state index >= 15 is 0 Å². The minimum absolute atomic E-state index is 0.0176. The van der Waals surface area contributed by atoms with Crippen molar-refractivity contribution in [3.8, 4) is 11.1 Å². The molecule has 0 unspecified atom stereocenters. The summed E-state index contributed by atoms with van der Waals surface area (Å²) in [5.41, 5.74) is 1.30. The minimum atomic E-state index is -1.46. The van der Waals surface area contributed by atoms with Crippen molar-refractivity contribution < 1.29 is 13.2 Å². The normalized spacial score (nSPS) is 14.5. The molecular weight excluding hydrogens is 299 g/mol. The smallest absolute Gasteiger partial charge is 0.195 e. The molecule has 0 spiro atoms. The maximum Gasteiger partial charge on any atom is 0.195 e. The molecule has 1 saturated carbocycles. The lowest BCUT2D eigenvalue weighted by Gasteiger charge is -2.12. The van der Waals surface area contributed by atoms with E-state index in [0.717, 1.165) is 24.5 Å². The van der Waals surface area contributed by atoms with Crippen LogP contribution in [0.3, 0.4) is 0 Å². The first-order valence-corrected chi connectivity index (χ1v) is 7.09. The van der Waals surface area contributed by atoms with Crippen molar-refractivity contribution in [2.75, 3.05) is 0 Å². The molecule has 0 aliphatic heterocycles. The summed E-state index contributed by atoms with van der Waals surface area (Å²) in [5.74, 6) is -3.85. The van der Waals surface area contributed by atoms with Gasteiger partial charge in [-0.2, -0.15) is 0 Å². The van der Waals surface area contributed by atoms with Crippen LogP contribution in [0.4, 0.5) is 13.2 Å². The maximum absolute atomic E-state index is 14.0. The molecule has 0 aromatic heterocycles. The molecule has 2 aromatic rings. The summed E-state index contributed by atoms with van der Waals surface area (Å²) in [6.07, 6.45) is 2.25. The highest BCUT2D eigenvalue weighted by Gasteiger charge is 2.22. The van der Waals surface area contributed by atoms with E-state index in [9.17, 15) is 13.2 Å². The van der Waals surface area contributed by atoms with E-state index in [0.29, 0.717) is 23.2 Å². The fraction of sp³-hybridized carbons (Fsp3) is 0.250. The Kier molecular flexibility index (Phi) is 3.91. The van der Waals surface area contributed by atoms with Crippen molar-refractivity contribution in [1.82, 2.24) is 5.32 Å². The molecule has 1 nitrogen and oxygen atoms in total. The Bertz CT molecular complexity index is 683. The van der Waals surface area contributed by atoms with Gasteiger partial charge in [0.1, 0.15) is 0 Å². The molecule has 0 amide bonds. The number of benzene rings is 2. The van der Waals surface area contributed by atoms with E-state index in [2.05, 4.69) is 5.32 Å². The number of nitrogens with one attached hydrogen (secondary N) is 1. The van der Waals surface area contributed by atoms with E-state index in [4.69, 9.17) is 11.6 Å². The van der Waals surface area contributed by atoms with Gasteiger partial charge in [-0.25, -0.2) is 13.2 Å². The number of hydrogen-bond donors (Lipinski definition) is 1. The zero-order valence-electron chi connectivity index (χ0n) is 11.1. The predicted molar refractivity (Wildman–Crippen MR) is 76.6 cm³/mol. The summed E-state index contributed by atoms with van der Waals surface area (Å²) in [6, 6.07) is 7.69. The molecule has 1 N–H and O–H groups in total. The second-order valence-corrected chi connectivity index (χ2v) is 5.62. The largest absolute Gasteiger partial charge is 0.310 e. The Labute approximate surface area is 125 Å². The molecule has 110 valence electrons. The predicted octanol–water partition coefficient (Wildman–Crippen LogP) is 4.68. The molecule has 1 fully saturated rings. The fourth-order valence-corrected chi connectivity index (χ4v) is 2.40. The number of halogens is 4. The second kappa shape index (κ2) is 5.70. The molecule has 1 aliphatic rings. The highest BCUT2D eigenvalue weighted by molar-refractivity contribution is 6.30. The Hall–Kier alpha value is -1.52. The molecule has 3 rings (SSSR count). The highest BCUT2D eigenvalue weighted by Crippen LogP contribution is 2.31. The van der Waals surface area contributed by atoms with Crippen LogP contribution in [0.2, 0.25) is 5.02 Å². The zero-order valence-corrected chi connectivity index (χ0v) is 11.9. The summed E-state index contributed by atoms with van der Waals surface area (Å²) in [5, 5.41) is 3.74. The first-order chi connectivity index (χ1) is 10.1. The molecule has 2 aromatic carbocycles. The summed E-state index contributed by atoms with van der Waals surface area (Å²) < 4.78 is 40.5. The van der Waals surface area contributed by atoms with E-state index < -0.39 is 17.5 Å². The molecular formula is C16H13ClF3N. The SMILES string of the molecule is Fc1ccc(-c2cc(Cl)ccc2CNC2CC2)c(F)c1F. The van der Waals surface area contributed by atoms with Crippen molar-refractivity contribution in [3.05, 3.63) is 58.4 Å². The van der Waals surface area contributed by atoms with Crippen molar-refractivity contribution in [3.63, 3.8) is 0 Å². The maximum atomic E-state index is 14.0. The lowest BCUT2D eigenvalue weighted by Crippen LogP contribution is -2.16. The van der Waals surface area contributed by atoms with Crippen LogP contribution in [-0.2, 0) is 6.54 Å². The van der Waals surface area contributed by atoms with Crippen LogP contribution in [0.25, 0.3) is 11.1 Å². The molecule has 0 bridgehead atoms. The summed E-state index contributed by atoms with van der Waals surface area (Å²) >= 11 is 5.95. The third-order valence-electron chi connectivity index (χ3n) is 3.56. The van der Waals surface area contributed by atoms with Gasteiger partial charge in [0.15, 0.2) is 17.5 Å². The van der Waals surface area contributed by atoms with Crippen molar-refractivity contribution in [1.29, 1.82) is 0 Å². The molecule has 5 heteroatoms. The van der Waals surface area contributed by atoms with Crippen LogP contribution in [0, 0.1) is 17.5 Å². The van der Waals surface area contributed by atoms with Gasteiger partial charge in [-0.3, -0.25) is 0 Å². The minimum Gasteiger partial charge on any atom is -0.310 e. The standard InChI is InChI=1S/C16H13ClF3N/c17-10-2-1-9(8-21-11-3-4-11)13(7-10)12-5-6-14(18)16(20)15(12)19/h1-2,5-7,11,21H,3-4,8H2. The molecule has 0 radical (unpaired) electrons. The van der Waals surface area contributed by atoms with E-state index in [1.165, 1.54) is 6.07 Å². The van der Waals surface area contributed by atoms with Gasteiger partial charge in [0.2, 0.25) is 0 Å². The van der Waals surface area contributed by atoms with E-state index in [-0.39, 0.29) is 5.56 Å². The van der Waals surface area contributed by atoms with Gasteiger partial charge < -0.3 is 5.32 Å². The van der Waals surface area contributed by atoms with Crippen LogP contribution >= 0.6 is 11.6 Å². The van der Waals surface area contributed by atoms with E-state index in [1.807, 2.05) is 0 Å². The zero-order chi connectivity index (χ0) is 15.0. The van der Waals surface area contributed by atoms with Crippen LogP contribution in [-0.4, -0.2) is 6.04 Å². The van der Waals surface area contributed by atoms with Gasteiger partial charge in [-0.05, 0) is 48.2 Å². The Morgan fingerprint density at radius 1 is 1.00 bits per heavy atom. The summed E-state index contributed by atoms with van der Waals surface area (Å²) in [6.45, 7) is 0.537. The second-order valence-electron chi connectivity index (χ2n) is 5.18. The van der Waals surface area contributed by atoms with Crippen molar-refractivity contribution in [2.24, 2.45) is 0 Å². The first-order valence-electron chi connectivity index (χ1n) is 6.72. The van der Waals surface area contributed by atoms with Crippen LogP contribution < -0.4 is 5.32 Å². The van der Waals surface area contributed by atoms with Crippen LogP contribution in [0.15, 0.2) is 30.3 Å². The molecule has 0 saturated heterocycles. The average molecular weight is 312 g/mol. The van der Waals surface area contributed by atoms with Crippen molar-refractivity contribution in [2.45, 2.75) is 25.4 Å². The quantitative estimate of drug-likeness (QED) is 0.809. The lowest BCUT2D eigenvalue weighted by molar-refractivity contribution is 0.449. The monoisotopic (exact) mass is 311 g/mol. The van der Waals surface area contributed by atoms with Crippen molar-refractivity contribution >= 4 is 11.6 Å². The van der Waals surface area contributed by atoms with Gasteiger partial charge >= 0.3 is 0 Å². The van der Waals surface area contributed by atoms with Gasteiger partial charge in [-0.15, -0.1) is 0 Å².